The average molecular weight is 295 g/mol. The van der Waals surface area contributed by atoms with Gasteiger partial charge in [0.05, 0.1) is 0 Å². The third-order valence-corrected chi connectivity index (χ3v) is 4.12. The van der Waals surface area contributed by atoms with Crippen molar-refractivity contribution in [3.8, 4) is 0 Å². The maximum atomic E-state index is 12.7. The van der Waals surface area contributed by atoms with Crippen LogP contribution in [0, 0.1) is 0 Å². The summed E-state index contributed by atoms with van der Waals surface area (Å²) in [6, 6.07) is 13.4. The van der Waals surface area contributed by atoms with Crippen LogP contribution in [0.3, 0.4) is 0 Å². The fourth-order valence-electron chi connectivity index (χ4n) is 2.81. The third-order valence-electron chi connectivity index (χ3n) is 4.12. The Labute approximate surface area is 131 Å². The molecule has 22 heavy (non-hydrogen) atoms. The highest BCUT2D eigenvalue weighted by Gasteiger charge is 2.17. The zero-order chi connectivity index (χ0) is 15.4. The van der Waals surface area contributed by atoms with E-state index in [4.69, 9.17) is 0 Å². The van der Waals surface area contributed by atoms with Crippen molar-refractivity contribution >= 4 is 17.4 Å². The molecule has 4 nitrogen and oxygen atoms in total. The molecular formula is C18H21N3O. The summed E-state index contributed by atoms with van der Waals surface area (Å²) in [5.41, 5.74) is 1.57. The van der Waals surface area contributed by atoms with E-state index in [-0.39, 0.29) is 5.91 Å². The Morgan fingerprint density at radius 2 is 1.82 bits per heavy atom. The summed E-state index contributed by atoms with van der Waals surface area (Å²) >= 11 is 0. The molecule has 1 aliphatic heterocycles. The second kappa shape index (κ2) is 6.60. The SMILES string of the molecule is CN(C(=O)c1ccnc(N2CCCCC2)c1)c1ccccc1. The molecule has 0 unspecified atom stereocenters. The van der Waals surface area contributed by atoms with E-state index >= 15 is 0 Å². The van der Waals surface area contributed by atoms with E-state index in [9.17, 15) is 4.79 Å². The van der Waals surface area contributed by atoms with Gasteiger partial charge in [0, 0.05) is 37.6 Å². The number of aromatic nitrogens is 1. The number of anilines is 2. The maximum absolute atomic E-state index is 12.7. The van der Waals surface area contributed by atoms with Crippen LogP contribution in [-0.4, -0.2) is 31.0 Å². The molecule has 0 bridgehead atoms. The lowest BCUT2D eigenvalue weighted by Gasteiger charge is -2.28. The summed E-state index contributed by atoms with van der Waals surface area (Å²) in [6.45, 7) is 2.05. The van der Waals surface area contributed by atoms with Gasteiger partial charge < -0.3 is 9.80 Å². The normalized spacial score (nSPS) is 14.7. The largest absolute Gasteiger partial charge is 0.357 e. The van der Waals surface area contributed by atoms with Gasteiger partial charge in [-0.1, -0.05) is 18.2 Å². The maximum Gasteiger partial charge on any atom is 0.258 e. The Bertz CT molecular complexity index is 636. The van der Waals surface area contributed by atoms with Gasteiger partial charge in [0.2, 0.25) is 0 Å². The number of pyridine rings is 1. The first-order chi connectivity index (χ1) is 10.8. The Morgan fingerprint density at radius 1 is 1.09 bits per heavy atom. The van der Waals surface area contributed by atoms with Crippen LogP contribution in [-0.2, 0) is 0 Å². The molecule has 1 aromatic heterocycles. The molecule has 114 valence electrons. The van der Waals surface area contributed by atoms with Crippen molar-refractivity contribution < 1.29 is 4.79 Å². The van der Waals surface area contributed by atoms with Gasteiger partial charge in [-0.25, -0.2) is 4.98 Å². The topological polar surface area (TPSA) is 36.4 Å². The number of para-hydroxylation sites is 1. The van der Waals surface area contributed by atoms with Crippen LogP contribution in [0.25, 0.3) is 0 Å². The Kier molecular flexibility index (Phi) is 4.37. The number of piperidine rings is 1. The predicted octanol–water partition coefficient (Wildman–Crippen LogP) is 3.35. The zero-order valence-corrected chi connectivity index (χ0v) is 12.9. The van der Waals surface area contributed by atoms with Crippen molar-refractivity contribution in [2.75, 3.05) is 29.9 Å². The fraction of sp³-hybridized carbons (Fsp3) is 0.333. The van der Waals surface area contributed by atoms with Gasteiger partial charge in [-0.2, -0.15) is 0 Å². The van der Waals surface area contributed by atoms with Crippen molar-refractivity contribution in [3.63, 3.8) is 0 Å². The highest BCUT2D eigenvalue weighted by atomic mass is 16.2. The van der Waals surface area contributed by atoms with Gasteiger partial charge in [0.1, 0.15) is 5.82 Å². The van der Waals surface area contributed by atoms with Gasteiger partial charge in [0.15, 0.2) is 0 Å². The zero-order valence-electron chi connectivity index (χ0n) is 12.9. The molecule has 4 heteroatoms. The second-order valence-electron chi connectivity index (χ2n) is 5.65. The monoisotopic (exact) mass is 295 g/mol. The summed E-state index contributed by atoms with van der Waals surface area (Å²) in [4.78, 5) is 21.0. The first kappa shape index (κ1) is 14.6. The molecule has 1 saturated heterocycles. The lowest BCUT2D eigenvalue weighted by atomic mass is 10.1. The molecular weight excluding hydrogens is 274 g/mol. The van der Waals surface area contributed by atoms with Gasteiger partial charge in [-0.05, 0) is 43.5 Å². The molecule has 0 spiro atoms. The molecule has 0 aliphatic carbocycles. The second-order valence-corrected chi connectivity index (χ2v) is 5.65. The quantitative estimate of drug-likeness (QED) is 0.871. The van der Waals surface area contributed by atoms with E-state index < -0.39 is 0 Å². The molecule has 1 aliphatic rings. The van der Waals surface area contributed by atoms with Crippen molar-refractivity contribution in [3.05, 3.63) is 54.2 Å². The minimum atomic E-state index is -0.00754. The van der Waals surface area contributed by atoms with Crippen LogP contribution in [0.15, 0.2) is 48.7 Å². The van der Waals surface area contributed by atoms with Crippen molar-refractivity contribution in [2.45, 2.75) is 19.3 Å². The molecule has 0 radical (unpaired) electrons. The Balaban J connectivity index is 1.80. The molecule has 0 N–H and O–H groups in total. The fourth-order valence-corrected chi connectivity index (χ4v) is 2.81. The molecule has 2 aromatic rings. The molecule has 1 amide bonds. The summed E-state index contributed by atoms with van der Waals surface area (Å²) in [7, 11) is 1.80. The van der Waals surface area contributed by atoms with Gasteiger partial charge in [0.25, 0.3) is 5.91 Å². The van der Waals surface area contributed by atoms with E-state index in [2.05, 4.69) is 9.88 Å². The molecule has 1 aromatic carbocycles. The number of hydrogen-bond acceptors (Lipinski definition) is 3. The minimum Gasteiger partial charge on any atom is -0.357 e. The van der Waals surface area contributed by atoms with Crippen molar-refractivity contribution in [2.24, 2.45) is 0 Å². The Hall–Kier alpha value is -2.36. The van der Waals surface area contributed by atoms with Gasteiger partial charge >= 0.3 is 0 Å². The van der Waals surface area contributed by atoms with E-state index in [1.54, 1.807) is 24.2 Å². The molecule has 0 saturated carbocycles. The van der Waals surface area contributed by atoms with Crippen LogP contribution in [0.1, 0.15) is 29.6 Å². The first-order valence-electron chi connectivity index (χ1n) is 7.80. The van der Waals surface area contributed by atoms with E-state index in [0.29, 0.717) is 5.56 Å². The van der Waals surface area contributed by atoms with Crippen molar-refractivity contribution in [1.29, 1.82) is 0 Å². The summed E-state index contributed by atoms with van der Waals surface area (Å²) < 4.78 is 0. The average Bonchev–Trinajstić information content (AvgIpc) is 2.62. The minimum absolute atomic E-state index is 0.00754. The number of nitrogens with zero attached hydrogens (tertiary/aromatic N) is 3. The van der Waals surface area contributed by atoms with Crippen LogP contribution in [0.4, 0.5) is 11.5 Å². The van der Waals surface area contributed by atoms with E-state index in [0.717, 1.165) is 24.6 Å². The van der Waals surface area contributed by atoms with Gasteiger partial charge in [-0.15, -0.1) is 0 Å². The van der Waals surface area contributed by atoms with Crippen molar-refractivity contribution in [1.82, 2.24) is 4.98 Å². The lowest BCUT2D eigenvalue weighted by Crippen LogP contribution is -2.31. The number of amides is 1. The number of benzene rings is 1. The summed E-state index contributed by atoms with van der Waals surface area (Å²) in [5.74, 6) is 0.902. The molecule has 2 heterocycles. The number of carbonyl (C=O) groups is 1. The number of carbonyl (C=O) groups excluding carboxylic acids is 1. The first-order valence-corrected chi connectivity index (χ1v) is 7.80. The van der Waals surface area contributed by atoms with E-state index in [1.165, 1.54) is 19.3 Å². The van der Waals surface area contributed by atoms with Crippen LogP contribution in [0.2, 0.25) is 0 Å². The molecule has 0 atom stereocenters. The number of hydrogen-bond donors (Lipinski definition) is 0. The molecule has 1 fully saturated rings. The highest BCUT2D eigenvalue weighted by molar-refractivity contribution is 6.06. The smallest absolute Gasteiger partial charge is 0.258 e. The third kappa shape index (κ3) is 3.11. The standard InChI is InChI=1S/C18H21N3O/c1-20(16-8-4-2-5-9-16)18(22)15-10-11-19-17(14-15)21-12-6-3-7-13-21/h2,4-5,8-11,14H,3,6-7,12-13H2,1H3. The summed E-state index contributed by atoms with van der Waals surface area (Å²) in [6.07, 6.45) is 5.41. The van der Waals surface area contributed by atoms with Gasteiger partial charge in [-0.3, -0.25) is 4.79 Å². The van der Waals surface area contributed by atoms with Crippen LogP contribution in [0.5, 0.6) is 0 Å². The Morgan fingerprint density at radius 3 is 2.55 bits per heavy atom. The van der Waals surface area contributed by atoms with Crippen LogP contribution < -0.4 is 9.80 Å². The van der Waals surface area contributed by atoms with Crippen LogP contribution >= 0.6 is 0 Å². The molecule has 3 rings (SSSR count). The highest BCUT2D eigenvalue weighted by Crippen LogP contribution is 2.20. The number of rotatable bonds is 3. The lowest BCUT2D eigenvalue weighted by molar-refractivity contribution is 0.0993. The van der Waals surface area contributed by atoms with E-state index in [1.807, 2.05) is 36.4 Å². The predicted molar refractivity (Wildman–Crippen MR) is 89.5 cm³/mol. The summed E-state index contributed by atoms with van der Waals surface area (Å²) in [5, 5.41) is 0.